The largest absolute Gasteiger partial charge is 0.466 e. The summed E-state index contributed by atoms with van der Waals surface area (Å²) < 4.78 is 4.85. The number of carbonyl (C=O) groups excluding carboxylic acids is 1. The minimum Gasteiger partial charge on any atom is -0.466 e. The average Bonchev–Trinajstić information content (AvgIpc) is 2.90. The van der Waals surface area contributed by atoms with Crippen molar-refractivity contribution in [3.05, 3.63) is 44.9 Å². The second-order valence-corrected chi connectivity index (χ2v) is 5.23. The molecular formula is C14H14N2O2S. The Morgan fingerprint density at radius 3 is 2.74 bits per heavy atom. The van der Waals surface area contributed by atoms with Crippen molar-refractivity contribution < 1.29 is 9.53 Å². The zero-order chi connectivity index (χ0) is 14.0. The molecule has 2 heterocycles. The van der Waals surface area contributed by atoms with Crippen LogP contribution in [0.5, 0.6) is 0 Å². The van der Waals surface area contributed by atoms with Gasteiger partial charge in [0, 0.05) is 16.3 Å². The third kappa shape index (κ3) is 2.27. The minimum absolute atomic E-state index is 0.335. The van der Waals surface area contributed by atoms with Crippen LogP contribution in [-0.2, 0) is 9.53 Å². The fraction of sp³-hybridized carbons (Fsp3) is 0.286. The number of hydrogen-bond acceptors (Lipinski definition) is 5. The molecule has 0 saturated heterocycles. The van der Waals surface area contributed by atoms with Gasteiger partial charge in [0.25, 0.3) is 0 Å². The molecule has 0 saturated carbocycles. The maximum atomic E-state index is 12.0. The second-order valence-electron chi connectivity index (χ2n) is 4.25. The minimum atomic E-state index is -0.399. The van der Waals surface area contributed by atoms with Crippen LogP contribution in [0.4, 0.5) is 0 Å². The van der Waals surface area contributed by atoms with Crippen LogP contribution in [0, 0.1) is 11.3 Å². The second kappa shape index (κ2) is 5.29. The lowest BCUT2D eigenvalue weighted by Gasteiger charge is -2.27. The first-order chi connectivity index (χ1) is 9.10. The highest BCUT2D eigenvalue weighted by Crippen LogP contribution is 2.39. The molecule has 4 nitrogen and oxygen atoms in total. The van der Waals surface area contributed by atoms with E-state index >= 15 is 0 Å². The summed E-state index contributed by atoms with van der Waals surface area (Å²) in [5.41, 5.74) is 2.59. The van der Waals surface area contributed by atoms with Crippen LogP contribution in [0.15, 0.2) is 40.1 Å². The Kier molecular flexibility index (Phi) is 3.72. The Bertz CT molecular complexity index is 606. The van der Waals surface area contributed by atoms with Gasteiger partial charge in [0.1, 0.15) is 0 Å². The Labute approximate surface area is 116 Å². The molecule has 1 aromatic heterocycles. The van der Waals surface area contributed by atoms with Gasteiger partial charge in [-0.25, -0.2) is 4.79 Å². The van der Waals surface area contributed by atoms with Crippen LogP contribution < -0.4 is 5.32 Å². The van der Waals surface area contributed by atoms with E-state index < -0.39 is 5.97 Å². The molecule has 0 aliphatic carbocycles. The Balaban J connectivity index is 2.61. The predicted molar refractivity (Wildman–Crippen MR) is 73.2 cm³/mol. The van der Waals surface area contributed by atoms with Crippen molar-refractivity contribution in [2.45, 2.75) is 19.8 Å². The summed E-state index contributed by atoms with van der Waals surface area (Å²) in [5.74, 6) is -0.734. The van der Waals surface area contributed by atoms with E-state index in [4.69, 9.17) is 4.74 Å². The van der Waals surface area contributed by atoms with E-state index in [1.165, 1.54) is 18.4 Å². The molecule has 1 aromatic rings. The molecule has 0 bridgehead atoms. The van der Waals surface area contributed by atoms with Gasteiger partial charge in [-0.2, -0.15) is 5.26 Å². The van der Waals surface area contributed by atoms with Gasteiger partial charge in [0.05, 0.1) is 30.2 Å². The van der Waals surface area contributed by atoms with Crippen molar-refractivity contribution in [2.24, 2.45) is 0 Å². The molecule has 5 heteroatoms. The Morgan fingerprint density at radius 2 is 2.21 bits per heavy atom. The first-order valence-electron chi connectivity index (χ1n) is 5.80. The van der Waals surface area contributed by atoms with E-state index in [2.05, 4.69) is 11.4 Å². The van der Waals surface area contributed by atoms with E-state index in [1.807, 2.05) is 31.4 Å². The standard InChI is InChI=1S/C14H14N2O2S/c1-8-10(7-15)13(11-5-4-6-19-11)12(9(2)16-8)14(17)18-3/h4-6,13,16H,1-3H3/t13-/m0/s1. The number of rotatable bonds is 2. The molecular weight excluding hydrogens is 260 g/mol. The van der Waals surface area contributed by atoms with Crippen molar-refractivity contribution in [3.8, 4) is 6.07 Å². The van der Waals surface area contributed by atoms with Gasteiger partial charge in [-0.05, 0) is 25.3 Å². The first-order valence-corrected chi connectivity index (χ1v) is 6.68. The van der Waals surface area contributed by atoms with E-state index in [0.717, 1.165) is 16.3 Å². The summed E-state index contributed by atoms with van der Waals surface area (Å²) >= 11 is 1.53. The highest BCUT2D eigenvalue weighted by atomic mass is 32.1. The predicted octanol–water partition coefficient (Wildman–Crippen LogP) is 2.68. The summed E-state index contributed by atoms with van der Waals surface area (Å²) in [6.45, 7) is 3.67. The van der Waals surface area contributed by atoms with E-state index in [1.54, 1.807) is 0 Å². The monoisotopic (exact) mass is 274 g/mol. The molecule has 0 unspecified atom stereocenters. The summed E-state index contributed by atoms with van der Waals surface area (Å²) in [4.78, 5) is 13.0. The van der Waals surface area contributed by atoms with Gasteiger partial charge in [-0.1, -0.05) is 6.07 Å². The quantitative estimate of drug-likeness (QED) is 0.842. The number of nitriles is 1. The summed E-state index contributed by atoms with van der Waals surface area (Å²) in [7, 11) is 1.35. The zero-order valence-corrected chi connectivity index (χ0v) is 11.8. The third-order valence-corrected chi connectivity index (χ3v) is 4.05. The molecule has 0 aromatic carbocycles. The van der Waals surface area contributed by atoms with Crippen LogP contribution >= 0.6 is 11.3 Å². The molecule has 2 rings (SSSR count). The number of carbonyl (C=O) groups is 1. The van der Waals surface area contributed by atoms with Crippen molar-refractivity contribution in [1.29, 1.82) is 5.26 Å². The maximum Gasteiger partial charge on any atom is 0.336 e. The SMILES string of the molecule is COC(=O)C1=C(C)NC(C)=C(C#N)[C@H]1c1cccs1. The number of esters is 1. The van der Waals surface area contributed by atoms with Crippen molar-refractivity contribution >= 4 is 17.3 Å². The maximum absolute atomic E-state index is 12.0. The van der Waals surface area contributed by atoms with E-state index in [0.29, 0.717) is 11.1 Å². The van der Waals surface area contributed by atoms with Gasteiger partial charge in [-0.3, -0.25) is 0 Å². The van der Waals surface area contributed by atoms with Crippen molar-refractivity contribution in [1.82, 2.24) is 5.32 Å². The normalized spacial score (nSPS) is 18.9. The number of thiophene rings is 1. The molecule has 0 amide bonds. The van der Waals surface area contributed by atoms with E-state index in [9.17, 15) is 10.1 Å². The molecule has 98 valence electrons. The van der Waals surface area contributed by atoms with Crippen LogP contribution in [-0.4, -0.2) is 13.1 Å². The van der Waals surface area contributed by atoms with Gasteiger partial charge < -0.3 is 10.1 Å². The number of nitrogens with one attached hydrogen (secondary N) is 1. The molecule has 0 radical (unpaired) electrons. The third-order valence-electron chi connectivity index (χ3n) is 3.11. The number of methoxy groups -OCH3 is 1. The molecule has 1 N–H and O–H groups in total. The molecule has 1 aliphatic heterocycles. The molecule has 1 atom stereocenters. The van der Waals surface area contributed by atoms with Crippen LogP contribution in [0.25, 0.3) is 0 Å². The molecule has 19 heavy (non-hydrogen) atoms. The van der Waals surface area contributed by atoms with Crippen LogP contribution in [0.2, 0.25) is 0 Å². The highest BCUT2D eigenvalue weighted by Gasteiger charge is 2.34. The van der Waals surface area contributed by atoms with Crippen LogP contribution in [0.3, 0.4) is 0 Å². The van der Waals surface area contributed by atoms with Crippen molar-refractivity contribution in [2.75, 3.05) is 7.11 Å². The highest BCUT2D eigenvalue weighted by molar-refractivity contribution is 7.10. The first kappa shape index (κ1) is 13.4. The molecule has 0 spiro atoms. The molecule has 0 fully saturated rings. The lowest BCUT2D eigenvalue weighted by Crippen LogP contribution is -2.27. The number of hydrogen-bond donors (Lipinski definition) is 1. The summed E-state index contributed by atoms with van der Waals surface area (Å²) in [6.07, 6.45) is 0. The molecule has 1 aliphatic rings. The number of nitrogens with zero attached hydrogens (tertiary/aromatic N) is 1. The smallest absolute Gasteiger partial charge is 0.336 e. The van der Waals surface area contributed by atoms with Crippen LogP contribution in [0.1, 0.15) is 24.6 Å². The van der Waals surface area contributed by atoms with Gasteiger partial charge in [0.15, 0.2) is 0 Å². The fourth-order valence-electron chi connectivity index (χ4n) is 2.26. The van der Waals surface area contributed by atoms with E-state index in [-0.39, 0.29) is 5.92 Å². The topological polar surface area (TPSA) is 62.1 Å². The summed E-state index contributed by atoms with van der Waals surface area (Å²) in [6, 6.07) is 6.05. The van der Waals surface area contributed by atoms with Crippen molar-refractivity contribution in [3.63, 3.8) is 0 Å². The summed E-state index contributed by atoms with van der Waals surface area (Å²) in [5, 5.41) is 14.4. The van der Waals surface area contributed by atoms with Gasteiger partial charge in [-0.15, -0.1) is 11.3 Å². The number of dihydropyridines is 1. The zero-order valence-electron chi connectivity index (χ0n) is 11.0. The fourth-order valence-corrected chi connectivity index (χ4v) is 3.11. The average molecular weight is 274 g/mol. The lowest BCUT2D eigenvalue weighted by molar-refractivity contribution is -0.136. The lowest BCUT2D eigenvalue weighted by atomic mass is 9.85. The number of ether oxygens (including phenoxy) is 1. The van der Waals surface area contributed by atoms with Gasteiger partial charge >= 0.3 is 5.97 Å². The van der Waals surface area contributed by atoms with Gasteiger partial charge in [0.2, 0.25) is 0 Å². The Hall–Kier alpha value is -2.06. The number of allylic oxidation sites excluding steroid dienone is 3. The Morgan fingerprint density at radius 1 is 1.47 bits per heavy atom.